The molecular formula is C22H27N5O3. The number of rotatable bonds is 7. The first-order valence-corrected chi connectivity index (χ1v) is 9.82. The lowest BCUT2D eigenvalue weighted by Gasteiger charge is -2.08. The molecule has 0 aliphatic carbocycles. The molecule has 2 heterocycles. The van der Waals surface area contributed by atoms with Gasteiger partial charge in [-0.25, -0.2) is 9.67 Å². The summed E-state index contributed by atoms with van der Waals surface area (Å²) < 4.78 is 6.77. The molecule has 1 aromatic carbocycles. The summed E-state index contributed by atoms with van der Waals surface area (Å²) >= 11 is 0. The van der Waals surface area contributed by atoms with Crippen LogP contribution in [0.2, 0.25) is 0 Å². The number of amides is 1. The quantitative estimate of drug-likeness (QED) is 0.624. The van der Waals surface area contributed by atoms with Gasteiger partial charge in [-0.1, -0.05) is 12.1 Å². The zero-order chi connectivity index (χ0) is 21.8. The van der Waals surface area contributed by atoms with E-state index >= 15 is 0 Å². The molecule has 158 valence electrons. The maximum atomic E-state index is 12.3. The average molecular weight is 409 g/mol. The summed E-state index contributed by atoms with van der Waals surface area (Å²) in [5, 5.41) is 7.46. The summed E-state index contributed by atoms with van der Waals surface area (Å²) in [7, 11) is 1.62. The largest absolute Gasteiger partial charge is 0.497 e. The molecule has 0 spiro atoms. The van der Waals surface area contributed by atoms with Crippen LogP contribution in [0.3, 0.4) is 0 Å². The van der Waals surface area contributed by atoms with E-state index in [0.717, 1.165) is 28.3 Å². The van der Waals surface area contributed by atoms with Gasteiger partial charge in [-0.05, 0) is 57.4 Å². The Hall–Kier alpha value is -3.42. The van der Waals surface area contributed by atoms with Crippen LogP contribution in [0.1, 0.15) is 40.2 Å². The van der Waals surface area contributed by atoms with E-state index in [1.54, 1.807) is 25.6 Å². The topological polar surface area (TPSA) is 102 Å². The van der Waals surface area contributed by atoms with Crippen LogP contribution in [0.25, 0.3) is 5.95 Å². The van der Waals surface area contributed by atoms with Crippen molar-refractivity contribution in [2.24, 2.45) is 0 Å². The zero-order valence-corrected chi connectivity index (χ0v) is 18.0. The van der Waals surface area contributed by atoms with Crippen LogP contribution >= 0.6 is 0 Å². The Kier molecular flexibility index (Phi) is 6.34. The molecule has 2 aromatic heterocycles. The van der Waals surface area contributed by atoms with Gasteiger partial charge in [0.25, 0.3) is 5.56 Å². The van der Waals surface area contributed by atoms with Crippen molar-refractivity contribution in [3.63, 3.8) is 0 Å². The van der Waals surface area contributed by atoms with E-state index in [0.29, 0.717) is 36.6 Å². The Morgan fingerprint density at radius 1 is 1.13 bits per heavy atom. The molecule has 3 aromatic rings. The SMILES string of the molecule is COc1ccc(CNC(=O)CCc2c(C)nn(-c3nc(C)c(C)c(=O)[nH]3)c2C)cc1. The highest BCUT2D eigenvalue weighted by atomic mass is 16.5. The molecule has 3 rings (SSSR count). The Bertz CT molecular complexity index is 1110. The highest BCUT2D eigenvalue weighted by Crippen LogP contribution is 2.18. The first kappa shape index (κ1) is 21.3. The Morgan fingerprint density at radius 2 is 1.83 bits per heavy atom. The highest BCUT2D eigenvalue weighted by molar-refractivity contribution is 5.76. The molecule has 0 fully saturated rings. The first-order valence-electron chi connectivity index (χ1n) is 9.82. The maximum absolute atomic E-state index is 12.3. The third kappa shape index (κ3) is 4.59. The number of nitrogens with zero attached hydrogens (tertiary/aromatic N) is 3. The number of aromatic amines is 1. The van der Waals surface area contributed by atoms with Crippen LogP contribution in [0.15, 0.2) is 29.1 Å². The fourth-order valence-corrected chi connectivity index (χ4v) is 3.24. The van der Waals surface area contributed by atoms with Gasteiger partial charge < -0.3 is 10.1 Å². The molecule has 0 atom stereocenters. The van der Waals surface area contributed by atoms with Crippen molar-refractivity contribution in [1.29, 1.82) is 0 Å². The number of hydrogen-bond donors (Lipinski definition) is 2. The van der Waals surface area contributed by atoms with Gasteiger partial charge in [0, 0.05) is 29.9 Å². The van der Waals surface area contributed by atoms with Crippen molar-refractivity contribution >= 4 is 5.91 Å². The molecule has 2 N–H and O–H groups in total. The molecule has 0 saturated heterocycles. The second-order valence-electron chi connectivity index (χ2n) is 7.29. The van der Waals surface area contributed by atoms with E-state index in [2.05, 4.69) is 20.4 Å². The minimum atomic E-state index is -0.176. The lowest BCUT2D eigenvalue weighted by molar-refractivity contribution is -0.121. The Morgan fingerprint density at radius 3 is 2.47 bits per heavy atom. The minimum Gasteiger partial charge on any atom is -0.497 e. The van der Waals surface area contributed by atoms with Crippen molar-refractivity contribution in [3.8, 4) is 11.7 Å². The fraction of sp³-hybridized carbons (Fsp3) is 0.364. The van der Waals surface area contributed by atoms with Crippen molar-refractivity contribution in [2.45, 2.75) is 47.1 Å². The van der Waals surface area contributed by atoms with Gasteiger partial charge in [0.1, 0.15) is 5.75 Å². The predicted octanol–water partition coefficient (Wildman–Crippen LogP) is 2.45. The number of carbonyl (C=O) groups excluding carboxylic acids is 1. The van der Waals surface area contributed by atoms with Gasteiger partial charge >= 0.3 is 0 Å². The molecule has 0 aliphatic heterocycles. The molecule has 0 bridgehead atoms. The summed E-state index contributed by atoms with van der Waals surface area (Å²) in [6.07, 6.45) is 0.904. The maximum Gasteiger partial charge on any atom is 0.255 e. The van der Waals surface area contributed by atoms with Crippen LogP contribution in [-0.2, 0) is 17.8 Å². The second kappa shape index (κ2) is 8.94. The molecule has 0 aliphatic rings. The minimum absolute atomic E-state index is 0.0323. The van der Waals surface area contributed by atoms with Crippen molar-refractivity contribution in [1.82, 2.24) is 25.1 Å². The number of aryl methyl sites for hydroxylation is 2. The second-order valence-corrected chi connectivity index (χ2v) is 7.29. The smallest absolute Gasteiger partial charge is 0.255 e. The van der Waals surface area contributed by atoms with E-state index in [1.807, 2.05) is 38.1 Å². The molecule has 8 heteroatoms. The summed E-state index contributed by atoms with van der Waals surface area (Å²) in [6.45, 7) is 7.82. The van der Waals surface area contributed by atoms with Crippen molar-refractivity contribution < 1.29 is 9.53 Å². The number of H-pyrrole nitrogens is 1. The third-order valence-corrected chi connectivity index (χ3v) is 5.27. The Labute approximate surface area is 175 Å². The Balaban J connectivity index is 1.65. The van der Waals surface area contributed by atoms with Gasteiger partial charge in [0.05, 0.1) is 12.8 Å². The molecule has 1 amide bonds. The van der Waals surface area contributed by atoms with Gasteiger partial charge in [0.15, 0.2) is 0 Å². The lowest BCUT2D eigenvalue weighted by Crippen LogP contribution is -2.23. The van der Waals surface area contributed by atoms with E-state index in [9.17, 15) is 9.59 Å². The van der Waals surface area contributed by atoms with Gasteiger partial charge in [-0.15, -0.1) is 0 Å². The first-order chi connectivity index (χ1) is 14.3. The molecule has 0 saturated carbocycles. The van der Waals surface area contributed by atoms with Crippen LogP contribution in [0, 0.1) is 27.7 Å². The normalized spacial score (nSPS) is 10.8. The van der Waals surface area contributed by atoms with E-state index in [-0.39, 0.29) is 11.5 Å². The lowest BCUT2D eigenvalue weighted by atomic mass is 10.1. The summed E-state index contributed by atoms with van der Waals surface area (Å²) in [5.41, 5.74) is 4.75. The number of carbonyl (C=O) groups is 1. The standard InChI is InChI=1S/C22H27N5O3/c1-13-14(2)24-22(25-21(13)29)27-16(4)19(15(3)26-27)10-11-20(28)23-12-17-6-8-18(30-5)9-7-17/h6-9H,10-12H2,1-5H3,(H,23,28)(H,24,25,29). The number of ether oxygens (including phenoxy) is 1. The van der Waals surface area contributed by atoms with Gasteiger partial charge in [0.2, 0.25) is 11.9 Å². The molecule has 8 nitrogen and oxygen atoms in total. The number of hydrogen-bond acceptors (Lipinski definition) is 5. The van der Waals surface area contributed by atoms with Gasteiger partial charge in [-0.3, -0.25) is 14.6 Å². The number of benzene rings is 1. The zero-order valence-electron chi connectivity index (χ0n) is 18.0. The fourth-order valence-electron chi connectivity index (χ4n) is 3.24. The van der Waals surface area contributed by atoms with E-state index in [4.69, 9.17) is 4.74 Å². The predicted molar refractivity (Wildman–Crippen MR) is 114 cm³/mol. The van der Waals surface area contributed by atoms with Crippen LogP contribution in [-0.4, -0.2) is 32.8 Å². The molecule has 30 heavy (non-hydrogen) atoms. The van der Waals surface area contributed by atoms with Crippen LogP contribution in [0.5, 0.6) is 5.75 Å². The monoisotopic (exact) mass is 409 g/mol. The van der Waals surface area contributed by atoms with Gasteiger partial charge in [-0.2, -0.15) is 5.10 Å². The summed E-state index contributed by atoms with van der Waals surface area (Å²) in [6, 6.07) is 7.59. The summed E-state index contributed by atoms with van der Waals surface area (Å²) in [4.78, 5) is 31.6. The number of methoxy groups -OCH3 is 1. The van der Waals surface area contributed by atoms with Crippen LogP contribution < -0.4 is 15.6 Å². The molecular weight excluding hydrogens is 382 g/mol. The summed E-state index contributed by atoms with van der Waals surface area (Å²) in [5.74, 6) is 1.14. The number of aromatic nitrogens is 4. The van der Waals surface area contributed by atoms with E-state index < -0.39 is 0 Å². The molecule has 0 radical (unpaired) electrons. The third-order valence-electron chi connectivity index (χ3n) is 5.27. The molecule has 0 unspecified atom stereocenters. The average Bonchev–Trinajstić information content (AvgIpc) is 3.02. The number of nitrogens with one attached hydrogen (secondary N) is 2. The van der Waals surface area contributed by atoms with Crippen molar-refractivity contribution in [3.05, 3.63) is 68.4 Å². The van der Waals surface area contributed by atoms with Crippen molar-refractivity contribution in [2.75, 3.05) is 7.11 Å². The van der Waals surface area contributed by atoms with Crippen LogP contribution in [0.4, 0.5) is 0 Å². The highest BCUT2D eigenvalue weighted by Gasteiger charge is 2.16. The van der Waals surface area contributed by atoms with E-state index in [1.165, 1.54) is 0 Å².